The highest BCUT2D eigenvalue weighted by atomic mass is 14.7. The molecule has 2 rings (SSSR count). The Morgan fingerprint density at radius 1 is 1.25 bits per heavy atom. The molecule has 0 atom stereocenters. The van der Waals surface area contributed by atoms with Crippen LogP contribution < -0.4 is 5.73 Å². The normalized spacial score (nSPS) is 11.7. The predicted octanol–water partition coefficient (Wildman–Crippen LogP) is 2.80. The van der Waals surface area contributed by atoms with Gasteiger partial charge in [0.25, 0.3) is 0 Å². The van der Waals surface area contributed by atoms with Crippen LogP contribution in [0.15, 0.2) is 24.3 Å². The number of hydrogen-bond donors (Lipinski definition) is 1. The molecule has 2 N–H and O–H groups in total. The highest BCUT2D eigenvalue weighted by molar-refractivity contribution is 5.80. The summed E-state index contributed by atoms with van der Waals surface area (Å²) in [5.74, 6) is 0. The molecular weight excluding hydrogens is 146 g/mol. The van der Waals surface area contributed by atoms with Crippen LogP contribution in [0.2, 0.25) is 0 Å². The van der Waals surface area contributed by atoms with Gasteiger partial charge in [0.2, 0.25) is 0 Å². The van der Waals surface area contributed by atoms with Crippen molar-refractivity contribution in [2.45, 2.75) is 32.7 Å². The van der Waals surface area contributed by atoms with Crippen LogP contribution in [-0.2, 0) is 0 Å². The molecule has 0 bridgehead atoms. The highest BCUT2D eigenvalue weighted by Gasteiger charge is 2.07. The summed E-state index contributed by atoms with van der Waals surface area (Å²) in [6, 6.07) is 8.48. The smallest absolute Gasteiger partial charge is 0.00944 e. The second kappa shape index (κ2) is 3.28. The summed E-state index contributed by atoms with van der Waals surface area (Å²) in [6.45, 7) is 6.12. The molecule has 0 aliphatic heterocycles. The van der Waals surface area contributed by atoms with Crippen LogP contribution in [0.3, 0.4) is 0 Å². The first-order chi connectivity index (χ1) is 5.53. The average molecular weight is 163 g/mol. The average Bonchev–Trinajstić information content (AvgIpc) is 2.60. The van der Waals surface area contributed by atoms with Crippen molar-refractivity contribution in [2.75, 3.05) is 0 Å². The summed E-state index contributed by atoms with van der Waals surface area (Å²) in [4.78, 5) is 0. The van der Waals surface area contributed by atoms with Gasteiger partial charge in [0.05, 0.1) is 0 Å². The molecule has 1 nitrogen and oxygen atoms in total. The Hall–Kier alpha value is -0.820. The molecule has 0 aromatic rings. The molecule has 0 aromatic carbocycles. The summed E-state index contributed by atoms with van der Waals surface area (Å²) in [7, 11) is 0. The van der Waals surface area contributed by atoms with Gasteiger partial charge in [0.1, 0.15) is 0 Å². The van der Waals surface area contributed by atoms with Crippen LogP contribution in [0.1, 0.15) is 27.2 Å². The lowest BCUT2D eigenvalue weighted by Crippen LogP contribution is -2.30. The van der Waals surface area contributed by atoms with Crippen LogP contribution in [0.4, 0.5) is 0 Å². The Kier molecular flexibility index (Phi) is 2.53. The zero-order chi connectivity index (χ0) is 9.19. The van der Waals surface area contributed by atoms with E-state index >= 15 is 0 Å². The zero-order valence-corrected chi connectivity index (χ0v) is 8.09. The van der Waals surface area contributed by atoms with Crippen LogP contribution in [0.5, 0.6) is 0 Å². The third-order valence-corrected chi connectivity index (χ3v) is 2.02. The molecular formula is C11H17N. The van der Waals surface area contributed by atoms with Gasteiger partial charge in [-0.2, -0.15) is 0 Å². The standard InChI is InChI=1S/C6H4.C5H13N/c1-2-5-4-6(5)3-1;1-4-5(2,3)6/h1-4H;4,6H2,1-3H3. The number of hydrogen-bond acceptors (Lipinski definition) is 1. The third kappa shape index (κ3) is 3.05. The first-order valence-corrected chi connectivity index (χ1v) is 4.42. The maximum Gasteiger partial charge on any atom is 0.00944 e. The second-order valence-corrected chi connectivity index (χ2v) is 3.92. The van der Waals surface area contributed by atoms with Gasteiger partial charge in [-0.05, 0) is 37.5 Å². The first kappa shape index (κ1) is 9.27. The molecule has 0 saturated heterocycles. The van der Waals surface area contributed by atoms with Gasteiger partial charge in [0, 0.05) is 5.54 Å². The fraction of sp³-hybridized carbons (Fsp3) is 0.455. The predicted molar refractivity (Wildman–Crippen MR) is 54.0 cm³/mol. The van der Waals surface area contributed by atoms with Crippen LogP contribution >= 0.6 is 0 Å². The van der Waals surface area contributed by atoms with E-state index in [0.29, 0.717) is 0 Å². The maximum atomic E-state index is 5.53. The van der Waals surface area contributed by atoms with Crippen molar-refractivity contribution in [1.82, 2.24) is 0 Å². The molecule has 2 aliphatic rings. The van der Waals surface area contributed by atoms with E-state index < -0.39 is 0 Å². The first-order valence-electron chi connectivity index (χ1n) is 4.42. The van der Waals surface area contributed by atoms with Crippen molar-refractivity contribution in [3.05, 3.63) is 24.3 Å². The van der Waals surface area contributed by atoms with E-state index in [2.05, 4.69) is 31.2 Å². The molecule has 2 aliphatic carbocycles. The number of rotatable bonds is 1. The van der Waals surface area contributed by atoms with Crippen molar-refractivity contribution in [3.8, 4) is 11.1 Å². The van der Waals surface area contributed by atoms with E-state index in [4.69, 9.17) is 5.73 Å². The molecule has 66 valence electrons. The van der Waals surface area contributed by atoms with Gasteiger partial charge in [-0.15, -0.1) is 0 Å². The van der Waals surface area contributed by atoms with Crippen LogP contribution in [-0.4, -0.2) is 5.54 Å². The number of nitrogens with two attached hydrogens (primary N) is 1. The number of fused-ring (bicyclic) bond motifs is 1. The highest BCUT2D eigenvalue weighted by Crippen LogP contribution is 2.32. The lowest BCUT2D eigenvalue weighted by atomic mass is 10.1. The fourth-order valence-electron chi connectivity index (χ4n) is 0.676. The monoisotopic (exact) mass is 163 g/mol. The molecule has 12 heavy (non-hydrogen) atoms. The Bertz CT molecular complexity index is 241. The lowest BCUT2D eigenvalue weighted by molar-refractivity contribution is 0.501. The van der Waals surface area contributed by atoms with Gasteiger partial charge in [-0.1, -0.05) is 25.1 Å². The molecule has 1 heteroatoms. The minimum atomic E-state index is 0.0417. The zero-order valence-electron chi connectivity index (χ0n) is 8.09. The molecule has 0 heterocycles. The third-order valence-electron chi connectivity index (χ3n) is 2.02. The van der Waals surface area contributed by atoms with E-state index in [1.165, 1.54) is 11.1 Å². The molecule has 0 fully saturated rings. The van der Waals surface area contributed by atoms with E-state index in [-0.39, 0.29) is 5.54 Å². The van der Waals surface area contributed by atoms with Gasteiger partial charge in [0.15, 0.2) is 0 Å². The Morgan fingerprint density at radius 3 is 1.75 bits per heavy atom. The van der Waals surface area contributed by atoms with E-state index in [9.17, 15) is 0 Å². The minimum absolute atomic E-state index is 0.0417. The Labute approximate surface area is 74.6 Å². The molecule has 0 unspecified atom stereocenters. The maximum absolute atomic E-state index is 5.53. The SMILES string of the molecule is CCC(C)(C)N.c1cc2cc-2c1. The van der Waals surface area contributed by atoms with Crippen molar-refractivity contribution in [3.63, 3.8) is 0 Å². The second-order valence-electron chi connectivity index (χ2n) is 3.92. The molecule has 0 aromatic heterocycles. The summed E-state index contributed by atoms with van der Waals surface area (Å²) in [6.07, 6.45) is 1.05. The van der Waals surface area contributed by atoms with Gasteiger partial charge < -0.3 is 5.73 Å². The molecule has 0 saturated carbocycles. The number of benzene rings is 1. The largest absolute Gasteiger partial charge is 0.326 e. The molecule has 0 radical (unpaired) electrons. The molecule has 0 spiro atoms. The van der Waals surface area contributed by atoms with Gasteiger partial charge in [-0.3, -0.25) is 0 Å². The molecule has 0 amide bonds. The van der Waals surface area contributed by atoms with Gasteiger partial charge >= 0.3 is 0 Å². The minimum Gasteiger partial charge on any atom is -0.326 e. The Balaban J connectivity index is 0.000000120. The quantitative estimate of drug-likeness (QED) is 0.687. The topological polar surface area (TPSA) is 26.0 Å². The lowest BCUT2D eigenvalue weighted by Gasteiger charge is -2.13. The Morgan fingerprint density at radius 2 is 1.67 bits per heavy atom. The summed E-state index contributed by atoms with van der Waals surface area (Å²) in [5.41, 5.74) is 8.43. The van der Waals surface area contributed by atoms with E-state index in [1.54, 1.807) is 0 Å². The summed E-state index contributed by atoms with van der Waals surface area (Å²) < 4.78 is 0. The van der Waals surface area contributed by atoms with Crippen molar-refractivity contribution >= 4 is 0 Å². The van der Waals surface area contributed by atoms with Crippen LogP contribution in [0, 0.1) is 0 Å². The van der Waals surface area contributed by atoms with E-state index in [1.807, 2.05) is 13.8 Å². The van der Waals surface area contributed by atoms with Crippen molar-refractivity contribution in [2.24, 2.45) is 5.73 Å². The van der Waals surface area contributed by atoms with Crippen molar-refractivity contribution in [1.29, 1.82) is 0 Å². The van der Waals surface area contributed by atoms with Gasteiger partial charge in [-0.25, -0.2) is 0 Å². The van der Waals surface area contributed by atoms with E-state index in [0.717, 1.165) is 6.42 Å². The summed E-state index contributed by atoms with van der Waals surface area (Å²) in [5, 5.41) is 0. The van der Waals surface area contributed by atoms with Crippen LogP contribution in [0.25, 0.3) is 11.1 Å². The van der Waals surface area contributed by atoms with Crippen molar-refractivity contribution < 1.29 is 0 Å². The fourth-order valence-corrected chi connectivity index (χ4v) is 0.676. The summed E-state index contributed by atoms with van der Waals surface area (Å²) >= 11 is 0.